The second-order valence-electron chi connectivity index (χ2n) is 5.27. The molecule has 0 N–H and O–H groups in total. The first-order chi connectivity index (χ1) is 7.22. The third-order valence-electron chi connectivity index (χ3n) is 4.67. The third kappa shape index (κ3) is 1.56. The molecular weight excluding hydrogens is 184 g/mol. The Balaban J connectivity index is 1.91. The minimum atomic E-state index is 0.116. The number of Topliss-reactive ketones (excluding diaryl/α,β-unsaturated/α-hetero) is 1. The summed E-state index contributed by atoms with van der Waals surface area (Å²) < 4.78 is 0. The maximum atomic E-state index is 12.0. The summed E-state index contributed by atoms with van der Waals surface area (Å²) in [6.45, 7) is 4.35. The van der Waals surface area contributed by atoms with E-state index in [9.17, 15) is 4.79 Å². The molecule has 0 heterocycles. The van der Waals surface area contributed by atoms with Crippen LogP contribution in [-0.2, 0) is 4.79 Å². The van der Waals surface area contributed by atoms with Crippen LogP contribution in [0.1, 0.15) is 52.4 Å². The first kappa shape index (κ1) is 10.9. The summed E-state index contributed by atoms with van der Waals surface area (Å²) in [6.07, 6.45) is 11.4. The Hall–Kier alpha value is -0.590. The number of unbranched alkanes of at least 4 members (excludes halogenated alkanes) is 1. The largest absolute Gasteiger partial charge is 0.299 e. The molecule has 1 nitrogen and oxygen atoms in total. The van der Waals surface area contributed by atoms with Crippen molar-refractivity contribution in [3.05, 3.63) is 12.2 Å². The van der Waals surface area contributed by atoms with Gasteiger partial charge in [0.25, 0.3) is 0 Å². The number of hydrogen-bond donors (Lipinski definition) is 0. The second-order valence-corrected chi connectivity index (χ2v) is 5.27. The molecule has 0 aromatic heterocycles. The normalized spacial score (nSPS) is 39.5. The van der Waals surface area contributed by atoms with Gasteiger partial charge in [-0.2, -0.15) is 0 Å². The van der Waals surface area contributed by atoms with Crippen molar-refractivity contribution in [1.82, 2.24) is 0 Å². The number of carbonyl (C=O) groups is 1. The maximum absolute atomic E-state index is 12.0. The summed E-state index contributed by atoms with van der Waals surface area (Å²) in [4.78, 5) is 12.0. The minimum Gasteiger partial charge on any atom is -0.299 e. The number of allylic oxidation sites excluding steroid dienone is 2. The molecule has 1 heteroatoms. The van der Waals surface area contributed by atoms with Gasteiger partial charge in [0.1, 0.15) is 5.78 Å². The highest BCUT2D eigenvalue weighted by Crippen LogP contribution is 2.59. The fourth-order valence-corrected chi connectivity index (χ4v) is 3.66. The van der Waals surface area contributed by atoms with E-state index in [1.54, 1.807) is 0 Å². The lowest BCUT2D eigenvalue weighted by Gasteiger charge is -2.56. The SMILES string of the molecule is C/C=C\CCC[C@]12CCC[C@H](C1=O)[C@@H]2C. The zero-order valence-corrected chi connectivity index (χ0v) is 9.96. The fourth-order valence-electron chi connectivity index (χ4n) is 3.66. The predicted molar refractivity (Wildman–Crippen MR) is 62.6 cm³/mol. The Bertz CT molecular complexity index is 279. The van der Waals surface area contributed by atoms with Crippen molar-refractivity contribution in [2.75, 3.05) is 0 Å². The molecule has 0 saturated heterocycles. The Morgan fingerprint density at radius 1 is 1.53 bits per heavy atom. The van der Waals surface area contributed by atoms with Crippen LogP contribution in [0.3, 0.4) is 0 Å². The summed E-state index contributed by atoms with van der Waals surface area (Å²) in [5.74, 6) is 1.70. The monoisotopic (exact) mass is 206 g/mol. The van der Waals surface area contributed by atoms with E-state index in [1.165, 1.54) is 19.3 Å². The third-order valence-corrected chi connectivity index (χ3v) is 4.67. The van der Waals surface area contributed by atoms with Gasteiger partial charge in [-0.1, -0.05) is 25.5 Å². The van der Waals surface area contributed by atoms with Crippen molar-refractivity contribution < 1.29 is 4.79 Å². The molecule has 0 radical (unpaired) electrons. The number of rotatable bonds is 4. The van der Waals surface area contributed by atoms with Gasteiger partial charge in [0.2, 0.25) is 0 Å². The highest BCUT2D eigenvalue weighted by molar-refractivity contribution is 5.94. The quantitative estimate of drug-likeness (QED) is 0.506. The number of hydrogen-bond acceptors (Lipinski definition) is 1. The van der Waals surface area contributed by atoms with E-state index < -0.39 is 0 Å². The standard InChI is InChI=1S/C14H22O/c1-3-4-5-6-9-14-10-7-8-12(11(14)2)13(14)15/h3-4,11-12H,5-10H2,1-2H3/b4-3-/t11-,12-,14+/m0/s1. The molecule has 2 bridgehead atoms. The Kier molecular flexibility index (Phi) is 2.99. The van der Waals surface area contributed by atoms with Gasteiger partial charge in [0.05, 0.1) is 0 Å². The zero-order chi connectivity index (χ0) is 10.9. The van der Waals surface area contributed by atoms with Gasteiger partial charge < -0.3 is 0 Å². The Morgan fingerprint density at radius 2 is 2.33 bits per heavy atom. The van der Waals surface area contributed by atoms with E-state index >= 15 is 0 Å². The number of fused-ring (bicyclic) bond motifs is 2. The predicted octanol–water partition coefficient (Wildman–Crippen LogP) is 3.74. The first-order valence-corrected chi connectivity index (χ1v) is 6.38. The van der Waals surface area contributed by atoms with Crippen LogP contribution in [0.15, 0.2) is 12.2 Å². The average molecular weight is 206 g/mol. The molecule has 0 spiro atoms. The molecule has 0 aromatic rings. The van der Waals surface area contributed by atoms with Gasteiger partial charge in [0, 0.05) is 11.3 Å². The van der Waals surface area contributed by atoms with Gasteiger partial charge in [0.15, 0.2) is 0 Å². The summed E-state index contributed by atoms with van der Waals surface area (Å²) in [5, 5.41) is 0. The zero-order valence-electron chi connectivity index (χ0n) is 9.96. The molecule has 3 rings (SSSR count). The molecule has 0 unspecified atom stereocenters. The lowest BCUT2D eigenvalue weighted by molar-refractivity contribution is -0.165. The van der Waals surface area contributed by atoms with E-state index in [0.717, 1.165) is 19.3 Å². The van der Waals surface area contributed by atoms with Crippen LogP contribution < -0.4 is 0 Å². The minimum absolute atomic E-state index is 0.116. The van der Waals surface area contributed by atoms with E-state index in [1.807, 2.05) is 0 Å². The molecule has 15 heavy (non-hydrogen) atoms. The molecule has 3 saturated carbocycles. The van der Waals surface area contributed by atoms with Crippen molar-refractivity contribution >= 4 is 5.78 Å². The fraction of sp³-hybridized carbons (Fsp3) is 0.786. The highest BCUT2D eigenvalue weighted by atomic mass is 16.1. The van der Waals surface area contributed by atoms with Crippen LogP contribution >= 0.6 is 0 Å². The second kappa shape index (κ2) is 4.11. The van der Waals surface area contributed by atoms with Crippen molar-refractivity contribution in [2.45, 2.75) is 52.4 Å². The van der Waals surface area contributed by atoms with Crippen LogP contribution in [0, 0.1) is 17.3 Å². The topological polar surface area (TPSA) is 17.1 Å². The van der Waals surface area contributed by atoms with E-state index in [-0.39, 0.29) is 5.41 Å². The molecule has 3 aliphatic carbocycles. The molecular formula is C14H22O. The average Bonchev–Trinajstić information content (AvgIpc) is 2.27. The van der Waals surface area contributed by atoms with Gasteiger partial charge in [-0.05, 0) is 44.9 Å². The number of ketones is 1. The summed E-state index contributed by atoms with van der Waals surface area (Å²) in [7, 11) is 0. The Labute approximate surface area is 92.9 Å². The van der Waals surface area contributed by atoms with Crippen LogP contribution in [0.25, 0.3) is 0 Å². The van der Waals surface area contributed by atoms with Gasteiger partial charge in [-0.25, -0.2) is 0 Å². The van der Waals surface area contributed by atoms with E-state index in [2.05, 4.69) is 26.0 Å². The smallest absolute Gasteiger partial charge is 0.142 e. The Morgan fingerprint density at radius 3 is 2.93 bits per heavy atom. The summed E-state index contributed by atoms with van der Waals surface area (Å²) >= 11 is 0. The van der Waals surface area contributed by atoms with Gasteiger partial charge in [-0.3, -0.25) is 4.79 Å². The van der Waals surface area contributed by atoms with Crippen molar-refractivity contribution in [3.63, 3.8) is 0 Å². The van der Waals surface area contributed by atoms with Crippen LogP contribution in [0.4, 0.5) is 0 Å². The van der Waals surface area contributed by atoms with Crippen LogP contribution in [-0.4, -0.2) is 5.78 Å². The van der Waals surface area contributed by atoms with Crippen LogP contribution in [0.2, 0.25) is 0 Å². The lowest BCUT2D eigenvalue weighted by Crippen LogP contribution is -2.59. The van der Waals surface area contributed by atoms with E-state index in [4.69, 9.17) is 0 Å². The summed E-state index contributed by atoms with van der Waals surface area (Å²) in [6, 6.07) is 0. The maximum Gasteiger partial charge on any atom is 0.142 e. The highest BCUT2D eigenvalue weighted by Gasteiger charge is 2.60. The lowest BCUT2D eigenvalue weighted by atomic mass is 9.45. The first-order valence-electron chi connectivity index (χ1n) is 6.38. The van der Waals surface area contributed by atoms with Gasteiger partial charge >= 0.3 is 0 Å². The summed E-state index contributed by atoms with van der Waals surface area (Å²) in [5.41, 5.74) is 0.116. The van der Waals surface area contributed by atoms with Crippen molar-refractivity contribution in [2.24, 2.45) is 17.3 Å². The van der Waals surface area contributed by atoms with Gasteiger partial charge in [-0.15, -0.1) is 0 Å². The molecule has 0 amide bonds. The van der Waals surface area contributed by atoms with E-state index in [0.29, 0.717) is 17.6 Å². The molecule has 3 fully saturated rings. The molecule has 3 aliphatic rings. The van der Waals surface area contributed by atoms with Crippen LogP contribution in [0.5, 0.6) is 0 Å². The van der Waals surface area contributed by atoms with Crippen molar-refractivity contribution in [1.29, 1.82) is 0 Å². The molecule has 0 aliphatic heterocycles. The molecule has 0 aromatic carbocycles. The van der Waals surface area contributed by atoms with Crippen molar-refractivity contribution in [3.8, 4) is 0 Å². The molecule has 84 valence electrons. The molecule has 3 atom stereocenters. The number of carbonyl (C=O) groups excluding carboxylic acids is 1.